The molecule has 0 amide bonds. The Morgan fingerprint density at radius 3 is 2.20 bits per heavy atom. The van der Waals surface area contributed by atoms with Crippen LogP contribution in [0.4, 0.5) is 0 Å². The Morgan fingerprint density at radius 2 is 1.73 bits per heavy atom. The zero-order chi connectivity index (χ0) is 11.5. The lowest BCUT2D eigenvalue weighted by molar-refractivity contribution is 0.0794. The summed E-state index contributed by atoms with van der Waals surface area (Å²) < 4.78 is 0. The summed E-state index contributed by atoms with van der Waals surface area (Å²) in [5.74, 6) is 0.409. The molecule has 1 rings (SSSR count). The van der Waals surface area contributed by atoms with E-state index >= 15 is 0 Å². The summed E-state index contributed by atoms with van der Waals surface area (Å²) in [5.41, 5.74) is -1.23. The highest BCUT2D eigenvalue weighted by Crippen LogP contribution is 2.48. The van der Waals surface area contributed by atoms with Gasteiger partial charge in [-0.2, -0.15) is 9.98 Å². The summed E-state index contributed by atoms with van der Waals surface area (Å²) in [4.78, 5) is 28.5. The standard InChI is InChI=1S/C11H16N2O2/c1-9-4-5-10(2,3)11(6-9,12-7-14)13-8-15/h9H,4-6H2,1-3H3. The Kier molecular flexibility index (Phi) is 3.23. The van der Waals surface area contributed by atoms with E-state index in [1.165, 1.54) is 0 Å². The number of nitrogens with zero attached hydrogens (tertiary/aromatic N) is 2. The zero-order valence-electron chi connectivity index (χ0n) is 9.41. The van der Waals surface area contributed by atoms with E-state index < -0.39 is 5.66 Å². The first-order chi connectivity index (χ1) is 6.97. The smallest absolute Gasteiger partial charge is 0.211 e. The predicted octanol–water partition coefficient (Wildman–Crippen LogP) is 2.20. The van der Waals surface area contributed by atoms with Crippen LogP contribution in [0.5, 0.6) is 0 Å². The highest BCUT2D eigenvalue weighted by atomic mass is 16.1. The van der Waals surface area contributed by atoms with E-state index in [2.05, 4.69) is 16.9 Å². The largest absolute Gasteiger partial charge is 0.237 e. The van der Waals surface area contributed by atoms with Crippen molar-refractivity contribution < 1.29 is 9.59 Å². The first-order valence-corrected chi connectivity index (χ1v) is 5.15. The topological polar surface area (TPSA) is 58.9 Å². The van der Waals surface area contributed by atoms with E-state index in [0.717, 1.165) is 12.8 Å². The monoisotopic (exact) mass is 208 g/mol. The third-order valence-electron chi connectivity index (χ3n) is 3.44. The number of isocyanates is 2. The minimum Gasteiger partial charge on any atom is -0.211 e. The van der Waals surface area contributed by atoms with E-state index in [1.54, 1.807) is 12.2 Å². The maximum atomic E-state index is 10.5. The van der Waals surface area contributed by atoms with Crippen LogP contribution in [-0.4, -0.2) is 17.8 Å². The lowest BCUT2D eigenvalue weighted by Crippen LogP contribution is -2.46. The third-order valence-corrected chi connectivity index (χ3v) is 3.44. The van der Waals surface area contributed by atoms with Crippen molar-refractivity contribution in [3.63, 3.8) is 0 Å². The molecule has 0 aromatic heterocycles. The summed E-state index contributed by atoms with van der Waals surface area (Å²) in [5, 5.41) is 0. The first kappa shape index (κ1) is 11.8. The number of rotatable bonds is 2. The Hall–Kier alpha value is -1.24. The van der Waals surface area contributed by atoms with Gasteiger partial charge in [0.2, 0.25) is 12.2 Å². The fourth-order valence-electron chi connectivity index (χ4n) is 2.24. The molecule has 0 radical (unpaired) electrons. The average molecular weight is 208 g/mol. The zero-order valence-corrected chi connectivity index (χ0v) is 9.41. The maximum absolute atomic E-state index is 10.5. The van der Waals surface area contributed by atoms with Crippen LogP contribution in [0.25, 0.3) is 0 Å². The molecular weight excluding hydrogens is 192 g/mol. The molecule has 15 heavy (non-hydrogen) atoms. The van der Waals surface area contributed by atoms with Crippen LogP contribution in [0.1, 0.15) is 40.0 Å². The molecule has 0 aromatic carbocycles. The van der Waals surface area contributed by atoms with Gasteiger partial charge in [0.05, 0.1) is 0 Å². The van der Waals surface area contributed by atoms with Crippen LogP contribution < -0.4 is 0 Å². The average Bonchev–Trinajstić information content (AvgIpc) is 2.13. The highest BCUT2D eigenvalue weighted by Gasteiger charge is 2.49. The SMILES string of the molecule is CC1CCC(C)(C)C(N=C=O)(N=C=O)C1. The van der Waals surface area contributed by atoms with Crippen LogP contribution in [0.3, 0.4) is 0 Å². The molecular formula is C11H16N2O2. The molecule has 0 bridgehead atoms. The van der Waals surface area contributed by atoms with Crippen molar-refractivity contribution in [1.82, 2.24) is 0 Å². The van der Waals surface area contributed by atoms with Gasteiger partial charge in [0.15, 0.2) is 5.66 Å². The van der Waals surface area contributed by atoms with Crippen molar-refractivity contribution in [2.24, 2.45) is 21.3 Å². The minimum atomic E-state index is -0.950. The van der Waals surface area contributed by atoms with Crippen LogP contribution in [-0.2, 0) is 9.59 Å². The molecule has 0 saturated heterocycles. The van der Waals surface area contributed by atoms with E-state index in [1.807, 2.05) is 13.8 Å². The Morgan fingerprint density at radius 1 is 1.20 bits per heavy atom. The molecule has 1 unspecified atom stereocenters. The summed E-state index contributed by atoms with van der Waals surface area (Å²) in [6, 6.07) is 0. The van der Waals surface area contributed by atoms with Gasteiger partial charge in [-0.05, 0) is 25.2 Å². The molecule has 0 spiro atoms. The lowest BCUT2D eigenvalue weighted by Gasteiger charge is -2.44. The summed E-state index contributed by atoms with van der Waals surface area (Å²) in [6.07, 6.45) is 5.66. The Bertz CT molecular complexity index is 318. The first-order valence-electron chi connectivity index (χ1n) is 5.15. The van der Waals surface area contributed by atoms with E-state index in [-0.39, 0.29) is 5.41 Å². The van der Waals surface area contributed by atoms with Gasteiger partial charge < -0.3 is 0 Å². The van der Waals surface area contributed by atoms with Gasteiger partial charge in [-0.25, -0.2) is 9.59 Å². The number of carbonyl (C=O) groups excluding carboxylic acids is 2. The fourth-order valence-corrected chi connectivity index (χ4v) is 2.24. The third kappa shape index (κ3) is 2.06. The van der Waals surface area contributed by atoms with Gasteiger partial charge in [-0.1, -0.05) is 20.8 Å². The summed E-state index contributed by atoms with van der Waals surface area (Å²) in [7, 11) is 0. The summed E-state index contributed by atoms with van der Waals surface area (Å²) in [6.45, 7) is 6.02. The second-order valence-electron chi connectivity index (χ2n) is 4.95. The fraction of sp³-hybridized carbons (Fsp3) is 0.818. The van der Waals surface area contributed by atoms with E-state index in [4.69, 9.17) is 0 Å². The maximum Gasteiger partial charge on any atom is 0.237 e. The second kappa shape index (κ2) is 4.09. The Labute approximate surface area is 89.5 Å². The molecule has 4 heteroatoms. The number of aliphatic imine (C=N–C) groups is 2. The molecule has 0 N–H and O–H groups in total. The molecule has 1 saturated carbocycles. The van der Waals surface area contributed by atoms with Gasteiger partial charge >= 0.3 is 0 Å². The van der Waals surface area contributed by atoms with Crippen molar-refractivity contribution in [3.8, 4) is 0 Å². The van der Waals surface area contributed by atoms with Crippen molar-refractivity contribution in [3.05, 3.63) is 0 Å². The predicted molar refractivity (Wildman–Crippen MR) is 55.8 cm³/mol. The molecule has 1 aliphatic rings. The van der Waals surface area contributed by atoms with E-state index in [9.17, 15) is 9.59 Å². The van der Waals surface area contributed by atoms with Crippen LogP contribution in [0.2, 0.25) is 0 Å². The lowest BCUT2D eigenvalue weighted by atomic mass is 9.65. The van der Waals surface area contributed by atoms with Gasteiger partial charge in [-0.3, -0.25) is 0 Å². The van der Waals surface area contributed by atoms with Crippen molar-refractivity contribution >= 4 is 12.2 Å². The molecule has 0 heterocycles. The number of hydrogen-bond acceptors (Lipinski definition) is 4. The van der Waals surface area contributed by atoms with Gasteiger partial charge in [0, 0.05) is 5.41 Å². The second-order valence-corrected chi connectivity index (χ2v) is 4.95. The van der Waals surface area contributed by atoms with Gasteiger partial charge in [-0.15, -0.1) is 0 Å². The van der Waals surface area contributed by atoms with Crippen molar-refractivity contribution in [1.29, 1.82) is 0 Å². The van der Waals surface area contributed by atoms with Crippen LogP contribution in [0.15, 0.2) is 9.98 Å². The summed E-state index contributed by atoms with van der Waals surface area (Å²) >= 11 is 0. The quantitative estimate of drug-likeness (QED) is 0.516. The van der Waals surface area contributed by atoms with Gasteiger partial charge in [0.25, 0.3) is 0 Å². The van der Waals surface area contributed by atoms with Crippen LogP contribution >= 0.6 is 0 Å². The minimum absolute atomic E-state index is 0.283. The Balaban J connectivity index is 3.20. The molecule has 82 valence electrons. The molecule has 0 aliphatic heterocycles. The van der Waals surface area contributed by atoms with Crippen molar-refractivity contribution in [2.75, 3.05) is 0 Å². The van der Waals surface area contributed by atoms with E-state index in [0.29, 0.717) is 12.3 Å². The molecule has 1 atom stereocenters. The van der Waals surface area contributed by atoms with Crippen LogP contribution in [0, 0.1) is 11.3 Å². The highest BCUT2D eigenvalue weighted by molar-refractivity contribution is 5.40. The van der Waals surface area contributed by atoms with Gasteiger partial charge in [0.1, 0.15) is 0 Å². The normalized spacial score (nSPS) is 33.7. The molecule has 4 nitrogen and oxygen atoms in total. The molecule has 1 fully saturated rings. The number of hydrogen-bond donors (Lipinski definition) is 0. The van der Waals surface area contributed by atoms with Crippen molar-refractivity contribution in [2.45, 2.75) is 45.7 Å². The molecule has 0 aromatic rings. The molecule has 1 aliphatic carbocycles.